The van der Waals surface area contributed by atoms with Gasteiger partial charge in [0.15, 0.2) is 11.5 Å². The van der Waals surface area contributed by atoms with Crippen LogP contribution in [0.2, 0.25) is 0 Å². The van der Waals surface area contributed by atoms with Crippen molar-refractivity contribution in [2.45, 2.75) is 13.8 Å². The second-order valence-electron chi connectivity index (χ2n) is 6.46. The minimum atomic E-state index is -0.673. The minimum absolute atomic E-state index is 0.0774. The summed E-state index contributed by atoms with van der Waals surface area (Å²) in [6, 6.07) is 12.3. The number of nitro benzene ring substituents is 1. The molecule has 0 bridgehead atoms. The van der Waals surface area contributed by atoms with Crippen molar-refractivity contribution < 1.29 is 24.0 Å². The predicted molar refractivity (Wildman–Crippen MR) is 120 cm³/mol. The van der Waals surface area contributed by atoms with Crippen LogP contribution in [-0.2, 0) is 0 Å². The van der Waals surface area contributed by atoms with Gasteiger partial charge in [0, 0.05) is 11.6 Å². The third-order valence-electron chi connectivity index (χ3n) is 4.22. The summed E-state index contributed by atoms with van der Waals surface area (Å²) in [5, 5.41) is 16.7. The van der Waals surface area contributed by atoms with E-state index in [1.165, 1.54) is 35.8 Å². The van der Waals surface area contributed by atoms with Crippen LogP contribution in [-0.4, -0.2) is 29.6 Å². The van der Waals surface area contributed by atoms with Gasteiger partial charge in [-0.15, -0.1) is 11.3 Å². The Labute approximate surface area is 187 Å². The fourth-order valence-corrected chi connectivity index (χ4v) is 3.35. The number of hydrazone groups is 1. The third kappa shape index (κ3) is 5.55. The van der Waals surface area contributed by atoms with Crippen LogP contribution in [0.15, 0.2) is 59.0 Å². The van der Waals surface area contributed by atoms with Crippen molar-refractivity contribution in [2.24, 2.45) is 5.10 Å². The Morgan fingerprint density at radius 2 is 2.00 bits per heavy atom. The van der Waals surface area contributed by atoms with Gasteiger partial charge in [-0.1, -0.05) is 6.07 Å². The van der Waals surface area contributed by atoms with Crippen LogP contribution >= 0.6 is 11.3 Å². The largest absolute Gasteiger partial charge is 0.490 e. The van der Waals surface area contributed by atoms with Gasteiger partial charge in [-0.3, -0.25) is 14.9 Å². The van der Waals surface area contributed by atoms with Crippen molar-refractivity contribution >= 4 is 35.1 Å². The summed E-state index contributed by atoms with van der Waals surface area (Å²) in [6.07, 6.45) is 1.44. The molecule has 0 saturated carbocycles. The summed E-state index contributed by atoms with van der Waals surface area (Å²) in [7, 11) is 0. The molecule has 3 aromatic rings. The van der Waals surface area contributed by atoms with E-state index >= 15 is 0 Å². The van der Waals surface area contributed by atoms with E-state index in [0.717, 1.165) is 0 Å². The molecule has 32 heavy (non-hydrogen) atoms. The molecule has 0 atom stereocenters. The molecule has 1 heterocycles. The molecule has 0 radical (unpaired) electrons. The Morgan fingerprint density at radius 1 is 1.19 bits per heavy atom. The van der Waals surface area contributed by atoms with Crippen molar-refractivity contribution in [1.82, 2.24) is 5.43 Å². The number of nitrogens with zero attached hydrogens (tertiary/aromatic N) is 2. The van der Waals surface area contributed by atoms with Gasteiger partial charge in [0.2, 0.25) is 0 Å². The predicted octanol–water partition coefficient (Wildman–Crippen LogP) is 4.35. The van der Waals surface area contributed by atoms with Crippen LogP contribution in [0.25, 0.3) is 0 Å². The lowest BCUT2D eigenvalue weighted by atomic mass is 10.1. The number of hydrogen-bond donors (Lipinski definition) is 1. The number of amides is 1. The molecule has 0 aliphatic rings. The van der Waals surface area contributed by atoms with Gasteiger partial charge >= 0.3 is 5.97 Å². The van der Waals surface area contributed by atoms with E-state index in [4.69, 9.17) is 9.47 Å². The molecule has 9 nitrogen and oxygen atoms in total. The lowest BCUT2D eigenvalue weighted by molar-refractivity contribution is -0.385. The number of nitrogens with one attached hydrogen (secondary N) is 1. The number of aryl methyl sites for hydroxylation is 1. The number of ether oxygens (including phenoxy) is 2. The van der Waals surface area contributed by atoms with Gasteiger partial charge in [0.1, 0.15) is 0 Å². The first kappa shape index (κ1) is 22.6. The summed E-state index contributed by atoms with van der Waals surface area (Å²) in [4.78, 5) is 35.4. The molecule has 0 spiro atoms. The summed E-state index contributed by atoms with van der Waals surface area (Å²) in [6.45, 7) is 3.66. The number of carbonyl (C=O) groups is 2. The molecule has 3 rings (SSSR count). The maximum Gasteiger partial charge on any atom is 0.343 e. The van der Waals surface area contributed by atoms with E-state index in [0.29, 0.717) is 28.4 Å². The maximum atomic E-state index is 12.5. The monoisotopic (exact) mass is 453 g/mol. The Balaban J connectivity index is 1.73. The van der Waals surface area contributed by atoms with E-state index in [9.17, 15) is 19.7 Å². The molecule has 0 unspecified atom stereocenters. The molecule has 0 fully saturated rings. The highest BCUT2D eigenvalue weighted by Crippen LogP contribution is 2.29. The molecule has 164 valence electrons. The van der Waals surface area contributed by atoms with Crippen LogP contribution in [0.3, 0.4) is 0 Å². The number of carbonyl (C=O) groups excluding carboxylic acids is 2. The molecular weight excluding hydrogens is 434 g/mol. The zero-order valence-electron chi connectivity index (χ0n) is 17.2. The summed E-state index contributed by atoms with van der Waals surface area (Å²) in [5.41, 5.74) is 3.51. The number of thiophene rings is 1. The number of esters is 1. The van der Waals surface area contributed by atoms with Crippen molar-refractivity contribution in [3.8, 4) is 11.5 Å². The third-order valence-corrected chi connectivity index (χ3v) is 5.09. The first-order chi connectivity index (χ1) is 15.4. The zero-order chi connectivity index (χ0) is 23.1. The summed E-state index contributed by atoms with van der Waals surface area (Å²) in [5.74, 6) is -0.487. The number of hydrogen-bond acceptors (Lipinski definition) is 8. The number of rotatable bonds is 8. The molecule has 10 heteroatoms. The average Bonchev–Trinajstić information content (AvgIpc) is 3.30. The highest BCUT2D eigenvalue weighted by molar-refractivity contribution is 7.12. The average molecular weight is 453 g/mol. The smallest absolute Gasteiger partial charge is 0.343 e. The molecule has 0 aliphatic carbocycles. The van der Waals surface area contributed by atoms with Crippen LogP contribution in [0.1, 0.15) is 38.1 Å². The molecule has 1 amide bonds. The molecule has 0 saturated heterocycles. The standard InChI is InChI=1S/C22H19N3O6S/c1-3-30-19-12-15(13-23-24-21(26)20-5-4-10-32-20)6-9-18(19)31-22(27)16-7-8-17(25(28)29)14(2)11-16/h4-13H,3H2,1-2H3,(H,24,26). The zero-order valence-corrected chi connectivity index (χ0v) is 18.0. The SMILES string of the molecule is CCOc1cc(C=NNC(=O)c2cccs2)ccc1OC(=O)c1ccc([N+](=O)[O-])c(C)c1. The lowest BCUT2D eigenvalue weighted by Gasteiger charge is -2.11. The fourth-order valence-electron chi connectivity index (χ4n) is 2.73. The normalized spacial score (nSPS) is 10.7. The highest BCUT2D eigenvalue weighted by atomic mass is 32.1. The van der Waals surface area contributed by atoms with Crippen LogP contribution in [0, 0.1) is 17.0 Å². The van der Waals surface area contributed by atoms with Crippen molar-refractivity contribution in [2.75, 3.05) is 6.61 Å². The Hall–Kier alpha value is -4.05. The van der Waals surface area contributed by atoms with Gasteiger partial charge in [0.05, 0.1) is 28.2 Å². The molecule has 1 N–H and O–H groups in total. The molecular formula is C22H19N3O6S. The summed E-state index contributed by atoms with van der Waals surface area (Å²) < 4.78 is 11.0. The first-order valence-corrected chi connectivity index (χ1v) is 10.4. The first-order valence-electron chi connectivity index (χ1n) is 9.50. The van der Waals surface area contributed by atoms with E-state index in [2.05, 4.69) is 10.5 Å². The van der Waals surface area contributed by atoms with Gasteiger partial charge in [-0.2, -0.15) is 5.10 Å². The Kier molecular flexibility index (Phi) is 7.29. The van der Waals surface area contributed by atoms with Crippen molar-refractivity contribution in [3.05, 3.63) is 85.6 Å². The fraction of sp³-hybridized carbons (Fsp3) is 0.136. The second kappa shape index (κ2) is 10.3. The van der Waals surface area contributed by atoms with Gasteiger partial charge in [-0.05, 0) is 61.2 Å². The van der Waals surface area contributed by atoms with E-state index in [1.54, 1.807) is 49.6 Å². The van der Waals surface area contributed by atoms with E-state index < -0.39 is 10.9 Å². The molecule has 2 aromatic carbocycles. The van der Waals surface area contributed by atoms with Crippen LogP contribution in [0.4, 0.5) is 5.69 Å². The summed E-state index contributed by atoms with van der Waals surface area (Å²) >= 11 is 1.31. The second-order valence-corrected chi connectivity index (χ2v) is 7.41. The van der Waals surface area contributed by atoms with Gasteiger partial charge < -0.3 is 9.47 Å². The van der Waals surface area contributed by atoms with Crippen molar-refractivity contribution in [1.29, 1.82) is 0 Å². The molecule has 0 aliphatic heterocycles. The minimum Gasteiger partial charge on any atom is -0.490 e. The van der Waals surface area contributed by atoms with Crippen LogP contribution in [0.5, 0.6) is 11.5 Å². The van der Waals surface area contributed by atoms with Gasteiger partial charge in [0.25, 0.3) is 11.6 Å². The lowest BCUT2D eigenvalue weighted by Crippen LogP contribution is -2.16. The number of nitro groups is 1. The van der Waals surface area contributed by atoms with E-state index in [-0.39, 0.29) is 22.9 Å². The Bertz CT molecular complexity index is 1170. The maximum absolute atomic E-state index is 12.5. The Morgan fingerprint density at radius 3 is 2.66 bits per heavy atom. The van der Waals surface area contributed by atoms with E-state index in [1.807, 2.05) is 0 Å². The van der Waals surface area contributed by atoms with Crippen LogP contribution < -0.4 is 14.9 Å². The highest BCUT2D eigenvalue weighted by Gasteiger charge is 2.17. The topological polar surface area (TPSA) is 120 Å². The van der Waals surface area contributed by atoms with Crippen molar-refractivity contribution in [3.63, 3.8) is 0 Å². The number of benzene rings is 2. The quantitative estimate of drug-likeness (QED) is 0.178. The van der Waals surface area contributed by atoms with Gasteiger partial charge in [-0.25, -0.2) is 10.2 Å². The molecule has 1 aromatic heterocycles.